The first-order chi connectivity index (χ1) is 5.06. The van der Waals surface area contributed by atoms with E-state index in [1.165, 1.54) is 0 Å². The van der Waals surface area contributed by atoms with E-state index >= 15 is 0 Å². The Balaban J connectivity index is 3.02. The molecular formula is C5H10ClF3OSi. The van der Waals surface area contributed by atoms with Gasteiger partial charge in [-0.25, -0.2) is 0 Å². The summed E-state index contributed by atoms with van der Waals surface area (Å²) in [4.78, 5) is 0. The van der Waals surface area contributed by atoms with Crippen molar-refractivity contribution in [1.82, 2.24) is 0 Å². The highest BCUT2D eigenvalue weighted by Gasteiger charge is 2.25. The summed E-state index contributed by atoms with van der Waals surface area (Å²) in [7, 11) is -0.706. The summed E-state index contributed by atoms with van der Waals surface area (Å²) in [5.74, 6) is 0. The van der Waals surface area contributed by atoms with Crippen LogP contribution in [0.2, 0.25) is 6.04 Å². The molecule has 0 fully saturated rings. The molecule has 0 aliphatic heterocycles. The highest BCUT2D eigenvalue weighted by atomic mass is 35.5. The Bertz CT molecular complexity index is 98.2. The molecule has 0 radical (unpaired) electrons. The molecule has 0 aromatic heterocycles. The first-order valence-electron chi connectivity index (χ1n) is 3.27. The maximum absolute atomic E-state index is 11.5. The van der Waals surface area contributed by atoms with Gasteiger partial charge in [-0.15, -0.1) is 0 Å². The third-order valence-electron chi connectivity index (χ3n) is 1.08. The summed E-state index contributed by atoms with van der Waals surface area (Å²) in [5, 5.41) is 0. The van der Waals surface area contributed by atoms with Gasteiger partial charge in [0, 0.05) is 12.7 Å². The van der Waals surface area contributed by atoms with Crippen LogP contribution in [0, 0.1) is 0 Å². The van der Waals surface area contributed by atoms with Crippen LogP contribution in [0.15, 0.2) is 0 Å². The molecule has 0 N–H and O–H groups in total. The zero-order valence-electron chi connectivity index (χ0n) is 5.96. The SMILES string of the molecule is FC(F)(F)CC[SiH2]COCCl. The average molecular weight is 207 g/mol. The van der Waals surface area contributed by atoms with Crippen LogP contribution in [0.25, 0.3) is 0 Å². The minimum atomic E-state index is -4.01. The van der Waals surface area contributed by atoms with Gasteiger partial charge in [0.25, 0.3) is 0 Å². The van der Waals surface area contributed by atoms with Crippen LogP contribution in [-0.4, -0.2) is 28.0 Å². The van der Waals surface area contributed by atoms with Crippen LogP contribution in [0.4, 0.5) is 13.2 Å². The molecule has 0 amide bonds. The van der Waals surface area contributed by atoms with Crippen molar-refractivity contribution in [2.24, 2.45) is 0 Å². The van der Waals surface area contributed by atoms with Gasteiger partial charge in [-0.1, -0.05) is 17.6 Å². The predicted molar refractivity (Wildman–Crippen MR) is 40.7 cm³/mol. The van der Waals surface area contributed by atoms with Crippen LogP contribution >= 0.6 is 11.6 Å². The fourth-order valence-electron chi connectivity index (χ4n) is 0.584. The smallest absolute Gasteiger partial charge is 0.370 e. The summed E-state index contributed by atoms with van der Waals surface area (Å²) in [6.07, 6.45) is -4.24. The number of alkyl halides is 4. The largest absolute Gasteiger partial charge is 0.388 e. The predicted octanol–water partition coefficient (Wildman–Crippen LogP) is 1.70. The number of hydrogen-bond donors (Lipinski definition) is 0. The summed E-state index contributed by atoms with van der Waals surface area (Å²) < 4.78 is 39.3. The monoisotopic (exact) mass is 206 g/mol. The van der Waals surface area contributed by atoms with Crippen LogP contribution in [0.3, 0.4) is 0 Å². The Labute approximate surface area is 70.7 Å². The Kier molecular flexibility index (Phi) is 5.99. The third kappa shape index (κ3) is 10.3. The van der Waals surface area contributed by atoms with Crippen LogP contribution in [0.1, 0.15) is 6.42 Å². The van der Waals surface area contributed by atoms with Crippen LogP contribution in [-0.2, 0) is 4.74 Å². The quantitative estimate of drug-likeness (QED) is 0.378. The molecule has 0 unspecified atom stereocenters. The van der Waals surface area contributed by atoms with Crippen molar-refractivity contribution >= 4 is 21.1 Å². The molecule has 0 saturated heterocycles. The lowest BCUT2D eigenvalue weighted by molar-refractivity contribution is -0.130. The van der Waals surface area contributed by atoms with Gasteiger partial charge in [0.15, 0.2) is 0 Å². The number of rotatable bonds is 5. The summed E-state index contributed by atoms with van der Waals surface area (Å²) >= 11 is 5.15. The van der Waals surface area contributed by atoms with Crippen molar-refractivity contribution in [1.29, 1.82) is 0 Å². The van der Waals surface area contributed by atoms with Gasteiger partial charge in [-0.05, 0) is 0 Å². The summed E-state index contributed by atoms with van der Waals surface area (Å²) in [6, 6.07) is 0.333. The average Bonchev–Trinajstić information content (AvgIpc) is 1.85. The van der Waals surface area contributed by atoms with Crippen LogP contribution in [0.5, 0.6) is 0 Å². The van der Waals surface area contributed by atoms with E-state index in [9.17, 15) is 13.2 Å². The number of halogens is 4. The van der Waals surface area contributed by atoms with E-state index < -0.39 is 22.1 Å². The minimum Gasteiger partial charge on any atom is -0.370 e. The fourth-order valence-corrected chi connectivity index (χ4v) is 2.08. The lowest BCUT2D eigenvalue weighted by atomic mass is 10.5. The molecule has 0 heterocycles. The molecular weight excluding hydrogens is 197 g/mol. The maximum Gasteiger partial charge on any atom is 0.388 e. The van der Waals surface area contributed by atoms with Crippen molar-refractivity contribution in [2.75, 3.05) is 12.3 Å². The molecule has 0 aromatic carbocycles. The van der Waals surface area contributed by atoms with E-state index in [0.29, 0.717) is 6.23 Å². The van der Waals surface area contributed by atoms with Gasteiger partial charge in [0.05, 0.1) is 9.52 Å². The van der Waals surface area contributed by atoms with Crippen molar-refractivity contribution in [2.45, 2.75) is 18.6 Å². The van der Waals surface area contributed by atoms with Gasteiger partial charge in [-0.3, -0.25) is 0 Å². The Morgan fingerprint density at radius 1 is 1.36 bits per heavy atom. The molecule has 0 aliphatic rings. The Morgan fingerprint density at radius 2 is 2.00 bits per heavy atom. The second-order valence-corrected chi connectivity index (χ2v) is 4.13. The van der Waals surface area contributed by atoms with E-state index in [1.807, 2.05) is 0 Å². The second-order valence-electron chi connectivity index (χ2n) is 2.09. The van der Waals surface area contributed by atoms with E-state index in [-0.39, 0.29) is 12.1 Å². The van der Waals surface area contributed by atoms with Gasteiger partial charge in [0.1, 0.15) is 6.07 Å². The first kappa shape index (κ1) is 11.3. The van der Waals surface area contributed by atoms with E-state index in [2.05, 4.69) is 0 Å². The van der Waals surface area contributed by atoms with E-state index in [4.69, 9.17) is 16.3 Å². The van der Waals surface area contributed by atoms with Crippen molar-refractivity contribution in [3.8, 4) is 0 Å². The van der Waals surface area contributed by atoms with Crippen molar-refractivity contribution in [3.05, 3.63) is 0 Å². The molecule has 0 bridgehead atoms. The maximum atomic E-state index is 11.5. The van der Waals surface area contributed by atoms with Gasteiger partial charge in [-0.2, -0.15) is 13.2 Å². The van der Waals surface area contributed by atoms with Gasteiger partial charge < -0.3 is 4.74 Å². The number of ether oxygens (including phenoxy) is 1. The lowest BCUT2D eigenvalue weighted by Crippen LogP contribution is -2.10. The molecule has 11 heavy (non-hydrogen) atoms. The molecule has 0 aromatic rings. The van der Waals surface area contributed by atoms with Gasteiger partial charge >= 0.3 is 6.18 Å². The molecule has 0 atom stereocenters. The standard InChI is InChI=1S/C5H10ClF3OSi/c6-3-10-4-11-2-1-5(7,8)9/h1-4,11H2. The molecule has 0 rings (SSSR count). The highest BCUT2D eigenvalue weighted by Crippen LogP contribution is 2.20. The first-order valence-corrected chi connectivity index (χ1v) is 5.80. The van der Waals surface area contributed by atoms with Gasteiger partial charge in [0.2, 0.25) is 0 Å². The number of hydrogen-bond acceptors (Lipinski definition) is 1. The zero-order chi connectivity index (χ0) is 8.74. The topological polar surface area (TPSA) is 9.23 Å². The normalized spacial score (nSPS) is 13.1. The molecule has 6 heteroatoms. The highest BCUT2D eigenvalue weighted by molar-refractivity contribution is 6.35. The summed E-state index contributed by atoms with van der Waals surface area (Å²) in [5.41, 5.74) is 0. The fraction of sp³-hybridized carbons (Fsp3) is 1.00. The van der Waals surface area contributed by atoms with E-state index in [0.717, 1.165) is 0 Å². The molecule has 0 saturated carbocycles. The third-order valence-corrected chi connectivity index (χ3v) is 2.66. The second kappa shape index (κ2) is 5.85. The van der Waals surface area contributed by atoms with Crippen LogP contribution < -0.4 is 0 Å². The molecule has 0 spiro atoms. The van der Waals surface area contributed by atoms with Crippen molar-refractivity contribution < 1.29 is 17.9 Å². The van der Waals surface area contributed by atoms with Crippen molar-refractivity contribution in [3.63, 3.8) is 0 Å². The Morgan fingerprint density at radius 3 is 2.45 bits per heavy atom. The zero-order valence-corrected chi connectivity index (χ0v) is 8.13. The Hall–Kier alpha value is 0.257. The summed E-state index contributed by atoms with van der Waals surface area (Å²) in [6.45, 7) is 0. The van der Waals surface area contributed by atoms with E-state index in [1.54, 1.807) is 0 Å². The molecule has 1 nitrogen and oxygen atoms in total. The lowest BCUT2D eigenvalue weighted by Gasteiger charge is -2.04. The minimum absolute atomic E-state index is 0.0824. The molecule has 68 valence electrons. The molecule has 0 aliphatic carbocycles.